The Balaban J connectivity index is 1.52. The number of nitrogens with zero attached hydrogens (tertiary/aromatic N) is 2. The van der Waals surface area contributed by atoms with Crippen LogP contribution in [0.1, 0.15) is 42.1 Å². The molecule has 2 amide bonds. The molecule has 2 heterocycles. The Hall–Kier alpha value is -3.26. The van der Waals surface area contributed by atoms with Gasteiger partial charge in [0.2, 0.25) is 15.9 Å². The number of hydrogen-bond donors (Lipinski definition) is 2. The number of hydrogen-bond acceptors (Lipinski definition) is 8. The van der Waals surface area contributed by atoms with E-state index in [0.29, 0.717) is 17.7 Å². The summed E-state index contributed by atoms with van der Waals surface area (Å²) in [7, 11) is -4.17. The molecule has 1 aliphatic rings. The molecule has 0 spiro atoms. The Morgan fingerprint density at radius 1 is 1.00 bits per heavy atom. The van der Waals surface area contributed by atoms with Gasteiger partial charge < -0.3 is 15.4 Å². The summed E-state index contributed by atoms with van der Waals surface area (Å²) in [6, 6.07) is 7.96. The quantitative estimate of drug-likeness (QED) is 0.187. The maximum Gasteiger partial charge on any atom is 0.313 e. The number of ether oxygens (including phenoxy) is 1. The minimum atomic E-state index is -4.17. The van der Waals surface area contributed by atoms with Crippen molar-refractivity contribution < 1.29 is 32.3 Å². The molecule has 2 N–H and O–H groups in total. The second-order valence-electron chi connectivity index (χ2n) is 10.2. The van der Waals surface area contributed by atoms with E-state index in [1.165, 1.54) is 30.6 Å². The van der Waals surface area contributed by atoms with Crippen molar-refractivity contribution in [1.29, 1.82) is 0 Å². The van der Waals surface area contributed by atoms with Gasteiger partial charge >= 0.3 is 5.97 Å². The SMILES string of the molecule is CCOC(=O)CC(=O)[C@H](Cc1ccc(NC(=O)c2c(Cl)cncc2Cl)cc1)NC(=O)[C@@H]1CCCN1S(=O)(=O)c1cc(Cl)cc(Cl)c1. The van der Waals surface area contributed by atoms with E-state index >= 15 is 0 Å². The Labute approximate surface area is 285 Å². The molecule has 0 saturated carbocycles. The number of pyridine rings is 1. The lowest BCUT2D eigenvalue weighted by Crippen LogP contribution is -2.51. The van der Waals surface area contributed by atoms with Gasteiger partial charge in [0.1, 0.15) is 12.5 Å². The summed E-state index contributed by atoms with van der Waals surface area (Å²) in [6.45, 7) is 1.73. The van der Waals surface area contributed by atoms with E-state index in [0.717, 1.165) is 4.31 Å². The molecule has 0 unspecified atom stereocenters. The van der Waals surface area contributed by atoms with Crippen LogP contribution in [0.15, 0.2) is 59.8 Å². The summed E-state index contributed by atoms with van der Waals surface area (Å²) >= 11 is 24.2. The van der Waals surface area contributed by atoms with E-state index in [-0.39, 0.29) is 56.5 Å². The highest BCUT2D eigenvalue weighted by atomic mass is 35.5. The molecule has 16 heteroatoms. The van der Waals surface area contributed by atoms with Gasteiger partial charge in [-0.25, -0.2) is 8.42 Å². The third-order valence-corrected chi connectivity index (χ3v) is 9.91. The van der Waals surface area contributed by atoms with Gasteiger partial charge in [-0.05, 0) is 62.1 Å². The van der Waals surface area contributed by atoms with Gasteiger partial charge in [-0.1, -0.05) is 58.5 Å². The predicted molar refractivity (Wildman–Crippen MR) is 174 cm³/mol. The van der Waals surface area contributed by atoms with Crippen molar-refractivity contribution in [2.75, 3.05) is 18.5 Å². The van der Waals surface area contributed by atoms with Crippen LogP contribution in [0.5, 0.6) is 0 Å². The molecule has 11 nitrogen and oxygen atoms in total. The van der Waals surface area contributed by atoms with Crippen molar-refractivity contribution in [2.45, 2.75) is 49.6 Å². The van der Waals surface area contributed by atoms with Gasteiger partial charge in [0.05, 0.1) is 33.2 Å². The van der Waals surface area contributed by atoms with E-state index in [1.807, 2.05) is 0 Å². The highest BCUT2D eigenvalue weighted by Gasteiger charge is 2.41. The van der Waals surface area contributed by atoms with Gasteiger partial charge in [-0.15, -0.1) is 0 Å². The summed E-state index contributed by atoms with van der Waals surface area (Å²) < 4.78 is 32.9. The van der Waals surface area contributed by atoms with Gasteiger partial charge in [0, 0.05) is 34.7 Å². The van der Waals surface area contributed by atoms with Crippen LogP contribution in [0.4, 0.5) is 5.69 Å². The standard InChI is InChI=1S/C30H28Cl4N4O7S/c1-2-45-27(40)14-26(39)24(10-17-5-7-20(8-6-17)36-30(42)28-22(33)15-35-16-23(28)34)37-29(41)25-4-3-9-38(25)46(43,44)21-12-18(31)11-19(32)13-21/h5-8,11-13,15-16,24-25H,2-4,9-10,14H2,1H3,(H,36,42)(H,37,41)/t24-,25-/m0/s1. The molecule has 2 atom stereocenters. The van der Waals surface area contributed by atoms with Crippen LogP contribution < -0.4 is 10.6 Å². The molecule has 3 aromatic rings. The number of ketones is 1. The van der Waals surface area contributed by atoms with Gasteiger partial charge in [-0.2, -0.15) is 4.31 Å². The summed E-state index contributed by atoms with van der Waals surface area (Å²) in [6.07, 6.45) is 2.55. The summed E-state index contributed by atoms with van der Waals surface area (Å²) in [5.74, 6) is -2.65. The number of benzene rings is 2. The smallest absolute Gasteiger partial charge is 0.313 e. The Kier molecular flexibility index (Phi) is 12.0. The predicted octanol–water partition coefficient (Wildman–Crippen LogP) is 5.35. The molecule has 4 rings (SSSR count). The van der Waals surface area contributed by atoms with Gasteiger partial charge in [0.25, 0.3) is 5.91 Å². The van der Waals surface area contributed by atoms with Gasteiger partial charge in [0.15, 0.2) is 5.78 Å². The largest absolute Gasteiger partial charge is 0.466 e. The van der Waals surface area contributed by atoms with Crippen molar-refractivity contribution in [3.8, 4) is 0 Å². The number of rotatable bonds is 12. The lowest BCUT2D eigenvalue weighted by molar-refractivity contribution is -0.146. The highest BCUT2D eigenvalue weighted by molar-refractivity contribution is 7.89. The van der Waals surface area contributed by atoms with E-state index in [1.54, 1.807) is 31.2 Å². The molecule has 0 bridgehead atoms. The average molecular weight is 730 g/mol. The number of esters is 1. The summed E-state index contributed by atoms with van der Waals surface area (Å²) in [5, 5.41) is 5.71. The van der Waals surface area contributed by atoms with E-state index in [4.69, 9.17) is 51.1 Å². The molecule has 1 saturated heterocycles. The van der Waals surface area contributed by atoms with E-state index in [9.17, 15) is 27.6 Å². The molecule has 0 aliphatic carbocycles. The van der Waals surface area contributed by atoms with Crippen molar-refractivity contribution >= 4 is 85.7 Å². The third kappa shape index (κ3) is 8.75. The minimum absolute atomic E-state index is 0.0381. The topological polar surface area (TPSA) is 152 Å². The monoisotopic (exact) mass is 728 g/mol. The van der Waals surface area contributed by atoms with Crippen molar-refractivity contribution in [3.05, 3.63) is 86.1 Å². The summed E-state index contributed by atoms with van der Waals surface area (Å²) in [5.41, 5.74) is 1.02. The van der Waals surface area contributed by atoms with Crippen molar-refractivity contribution in [1.82, 2.24) is 14.6 Å². The fourth-order valence-electron chi connectivity index (χ4n) is 4.88. The molecule has 0 radical (unpaired) electrons. The maximum absolute atomic E-state index is 13.5. The Bertz CT molecular complexity index is 1720. The number of Topliss-reactive ketones (excluding diaryl/α,β-unsaturated/α-hetero) is 1. The normalized spacial score (nSPS) is 15.6. The van der Waals surface area contributed by atoms with Gasteiger partial charge in [-0.3, -0.25) is 24.2 Å². The van der Waals surface area contributed by atoms with Crippen LogP contribution in [0.2, 0.25) is 20.1 Å². The fraction of sp³-hybridized carbons (Fsp3) is 0.300. The van der Waals surface area contributed by atoms with E-state index in [2.05, 4.69) is 15.6 Å². The number of carbonyl (C=O) groups is 4. The third-order valence-electron chi connectivity index (χ3n) is 7.01. The molecule has 46 heavy (non-hydrogen) atoms. The number of aromatic nitrogens is 1. The number of amides is 2. The molecular weight excluding hydrogens is 702 g/mol. The molecule has 1 aromatic heterocycles. The van der Waals surface area contributed by atoms with Crippen LogP contribution in [-0.2, 0) is 35.6 Å². The fourth-order valence-corrected chi connectivity index (χ4v) is 7.80. The van der Waals surface area contributed by atoms with E-state index < -0.39 is 52.1 Å². The minimum Gasteiger partial charge on any atom is -0.466 e. The first-order valence-electron chi connectivity index (χ1n) is 14.0. The second-order valence-corrected chi connectivity index (χ2v) is 13.8. The number of sulfonamides is 1. The van der Waals surface area contributed by atoms with Crippen LogP contribution in [0, 0.1) is 0 Å². The van der Waals surface area contributed by atoms with Crippen LogP contribution in [0.3, 0.4) is 0 Å². The number of carbonyl (C=O) groups excluding carboxylic acids is 4. The number of nitrogens with one attached hydrogen (secondary N) is 2. The summed E-state index contributed by atoms with van der Waals surface area (Å²) in [4.78, 5) is 55.3. The van der Waals surface area contributed by atoms with Crippen molar-refractivity contribution in [2.24, 2.45) is 0 Å². The van der Waals surface area contributed by atoms with Crippen LogP contribution in [0.25, 0.3) is 0 Å². The Morgan fingerprint density at radius 3 is 2.24 bits per heavy atom. The average Bonchev–Trinajstić information content (AvgIpc) is 3.49. The highest BCUT2D eigenvalue weighted by Crippen LogP contribution is 2.30. The first-order valence-corrected chi connectivity index (χ1v) is 16.9. The number of halogens is 4. The first-order chi connectivity index (χ1) is 21.8. The number of anilines is 1. The first kappa shape index (κ1) is 35.6. The lowest BCUT2D eigenvalue weighted by atomic mass is 9.99. The maximum atomic E-state index is 13.5. The van der Waals surface area contributed by atoms with Crippen LogP contribution in [-0.4, -0.2) is 66.5 Å². The zero-order chi connectivity index (χ0) is 33.6. The lowest BCUT2D eigenvalue weighted by Gasteiger charge is -2.26. The molecule has 244 valence electrons. The zero-order valence-corrected chi connectivity index (χ0v) is 28.1. The molecular formula is C30H28Cl4N4O7S. The van der Waals surface area contributed by atoms with Crippen molar-refractivity contribution in [3.63, 3.8) is 0 Å². The molecule has 1 fully saturated rings. The molecule has 2 aromatic carbocycles. The zero-order valence-electron chi connectivity index (χ0n) is 24.3. The Morgan fingerprint density at radius 2 is 1.63 bits per heavy atom. The molecule has 1 aliphatic heterocycles. The van der Waals surface area contributed by atoms with Crippen LogP contribution >= 0.6 is 46.4 Å². The second kappa shape index (κ2) is 15.6.